The summed E-state index contributed by atoms with van der Waals surface area (Å²) in [6, 6.07) is 1.38. The summed E-state index contributed by atoms with van der Waals surface area (Å²) in [6.45, 7) is 15.1. The van der Waals surface area contributed by atoms with Crippen LogP contribution in [0.4, 0.5) is 0 Å². The van der Waals surface area contributed by atoms with Crippen LogP contribution in [-0.2, 0) is 0 Å². The minimum Gasteiger partial charge on any atom is -0.315 e. The van der Waals surface area contributed by atoms with Crippen LogP contribution in [0.25, 0.3) is 0 Å². The molecule has 2 nitrogen and oxygen atoms in total. The van der Waals surface area contributed by atoms with Crippen LogP contribution in [0, 0.1) is 0 Å². The van der Waals surface area contributed by atoms with E-state index in [4.69, 9.17) is 0 Å². The molecule has 0 rings (SSSR count). The van der Waals surface area contributed by atoms with Crippen molar-refractivity contribution in [3.63, 3.8) is 0 Å². The topological polar surface area (TPSA) is 15.3 Å². The van der Waals surface area contributed by atoms with Crippen molar-refractivity contribution in [3.8, 4) is 0 Å². The minimum absolute atomic E-state index is 0.683. The van der Waals surface area contributed by atoms with E-state index in [1.54, 1.807) is 0 Å². The van der Waals surface area contributed by atoms with Crippen molar-refractivity contribution in [2.45, 2.75) is 85.2 Å². The van der Waals surface area contributed by atoms with Gasteiger partial charge >= 0.3 is 0 Å². The lowest BCUT2D eigenvalue weighted by atomic mass is 10.1. The van der Waals surface area contributed by atoms with E-state index in [1.165, 1.54) is 51.6 Å². The number of hydrogen-bond acceptors (Lipinski definition) is 2. The van der Waals surface area contributed by atoms with Crippen LogP contribution >= 0.6 is 0 Å². The average molecular weight is 256 g/mol. The first kappa shape index (κ1) is 17.9. The lowest BCUT2D eigenvalue weighted by Crippen LogP contribution is -2.33. The van der Waals surface area contributed by atoms with Crippen LogP contribution in [0.3, 0.4) is 0 Å². The molecule has 0 aliphatic rings. The van der Waals surface area contributed by atoms with Crippen LogP contribution in [0.1, 0.15) is 73.1 Å². The highest BCUT2D eigenvalue weighted by atomic mass is 15.1. The van der Waals surface area contributed by atoms with Crippen molar-refractivity contribution in [2.24, 2.45) is 0 Å². The summed E-state index contributed by atoms with van der Waals surface area (Å²) in [5.74, 6) is 0. The molecule has 0 aliphatic carbocycles. The summed E-state index contributed by atoms with van der Waals surface area (Å²) in [7, 11) is 0. The molecule has 0 heterocycles. The van der Waals surface area contributed by atoms with Gasteiger partial charge < -0.3 is 10.2 Å². The molecule has 18 heavy (non-hydrogen) atoms. The van der Waals surface area contributed by atoms with Crippen LogP contribution in [0.2, 0.25) is 0 Å². The maximum absolute atomic E-state index is 3.48. The number of unbranched alkanes of at least 4 members (excludes halogenated alkanes) is 3. The Morgan fingerprint density at radius 1 is 0.889 bits per heavy atom. The largest absolute Gasteiger partial charge is 0.315 e. The summed E-state index contributed by atoms with van der Waals surface area (Å²) < 4.78 is 0. The molecule has 0 saturated carbocycles. The molecule has 0 bridgehead atoms. The van der Waals surface area contributed by atoms with E-state index >= 15 is 0 Å². The molecule has 110 valence electrons. The third-order valence-corrected chi connectivity index (χ3v) is 3.66. The van der Waals surface area contributed by atoms with Gasteiger partial charge in [-0.15, -0.1) is 0 Å². The van der Waals surface area contributed by atoms with E-state index < -0.39 is 0 Å². The fourth-order valence-corrected chi connectivity index (χ4v) is 2.41. The molecule has 0 aliphatic heterocycles. The Morgan fingerprint density at radius 3 is 2.00 bits per heavy atom. The molecule has 2 heteroatoms. The summed E-state index contributed by atoms with van der Waals surface area (Å²) in [6.07, 6.45) is 8.08. The van der Waals surface area contributed by atoms with Crippen molar-refractivity contribution in [2.75, 3.05) is 19.6 Å². The highest BCUT2D eigenvalue weighted by Gasteiger charge is 2.08. The first-order valence-electron chi connectivity index (χ1n) is 8.09. The Balaban J connectivity index is 3.63. The molecule has 0 amide bonds. The van der Waals surface area contributed by atoms with Gasteiger partial charge in [0.1, 0.15) is 0 Å². The standard InChI is InChI=1S/C16H36N2/c1-6-8-10-13-18(15(3)4)14-11-9-12-16(5)17-7-2/h15-17H,6-14H2,1-5H3. The molecular weight excluding hydrogens is 220 g/mol. The fraction of sp³-hybridized carbons (Fsp3) is 1.00. The SMILES string of the molecule is CCCCCN(CCCCC(C)NCC)C(C)C. The molecule has 1 N–H and O–H groups in total. The molecular formula is C16H36N2. The molecule has 0 saturated heterocycles. The van der Waals surface area contributed by atoms with E-state index in [0.29, 0.717) is 12.1 Å². The number of hydrogen-bond donors (Lipinski definition) is 1. The van der Waals surface area contributed by atoms with Crippen molar-refractivity contribution in [1.82, 2.24) is 10.2 Å². The normalized spacial score (nSPS) is 13.5. The van der Waals surface area contributed by atoms with Gasteiger partial charge in [-0.05, 0) is 59.7 Å². The molecule has 1 atom stereocenters. The zero-order chi connectivity index (χ0) is 13.8. The van der Waals surface area contributed by atoms with Gasteiger partial charge in [0, 0.05) is 12.1 Å². The lowest BCUT2D eigenvalue weighted by molar-refractivity contribution is 0.211. The van der Waals surface area contributed by atoms with E-state index in [2.05, 4.69) is 44.8 Å². The van der Waals surface area contributed by atoms with Crippen LogP contribution in [-0.4, -0.2) is 36.6 Å². The van der Waals surface area contributed by atoms with Crippen LogP contribution in [0.15, 0.2) is 0 Å². The molecule has 0 aromatic heterocycles. The summed E-state index contributed by atoms with van der Waals surface area (Å²) >= 11 is 0. The zero-order valence-corrected chi connectivity index (χ0v) is 13.5. The highest BCUT2D eigenvalue weighted by Crippen LogP contribution is 2.07. The number of rotatable bonds is 12. The average Bonchev–Trinajstić information content (AvgIpc) is 2.32. The Labute approximate surface area is 116 Å². The molecule has 0 spiro atoms. The van der Waals surface area contributed by atoms with Crippen molar-refractivity contribution >= 4 is 0 Å². The predicted molar refractivity (Wildman–Crippen MR) is 83.2 cm³/mol. The highest BCUT2D eigenvalue weighted by molar-refractivity contribution is 4.65. The molecule has 0 radical (unpaired) electrons. The smallest absolute Gasteiger partial charge is 0.00386 e. The van der Waals surface area contributed by atoms with Gasteiger partial charge in [-0.25, -0.2) is 0 Å². The van der Waals surface area contributed by atoms with E-state index in [0.717, 1.165) is 6.54 Å². The molecule has 0 aromatic rings. The van der Waals surface area contributed by atoms with E-state index in [9.17, 15) is 0 Å². The van der Waals surface area contributed by atoms with Gasteiger partial charge in [0.2, 0.25) is 0 Å². The molecule has 1 unspecified atom stereocenters. The summed E-state index contributed by atoms with van der Waals surface area (Å²) in [4.78, 5) is 2.65. The van der Waals surface area contributed by atoms with Gasteiger partial charge in [-0.1, -0.05) is 33.1 Å². The molecule has 0 aromatic carbocycles. The summed E-state index contributed by atoms with van der Waals surface area (Å²) in [5, 5.41) is 3.48. The lowest BCUT2D eigenvalue weighted by Gasteiger charge is -2.26. The quantitative estimate of drug-likeness (QED) is 0.530. The number of nitrogens with one attached hydrogen (secondary N) is 1. The second-order valence-corrected chi connectivity index (χ2v) is 5.79. The Kier molecular flexibility index (Phi) is 11.9. The fourth-order valence-electron chi connectivity index (χ4n) is 2.41. The van der Waals surface area contributed by atoms with E-state index in [-0.39, 0.29) is 0 Å². The Hall–Kier alpha value is -0.0800. The van der Waals surface area contributed by atoms with Gasteiger partial charge in [0.15, 0.2) is 0 Å². The summed E-state index contributed by atoms with van der Waals surface area (Å²) in [5.41, 5.74) is 0. The van der Waals surface area contributed by atoms with Crippen LogP contribution < -0.4 is 5.32 Å². The van der Waals surface area contributed by atoms with Crippen molar-refractivity contribution in [3.05, 3.63) is 0 Å². The van der Waals surface area contributed by atoms with Gasteiger partial charge in [-0.2, -0.15) is 0 Å². The Morgan fingerprint density at radius 2 is 1.50 bits per heavy atom. The van der Waals surface area contributed by atoms with Crippen LogP contribution in [0.5, 0.6) is 0 Å². The Bertz CT molecular complexity index is 168. The minimum atomic E-state index is 0.683. The monoisotopic (exact) mass is 256 g/mol. The van der Waals surface area contributed by atoms with Crippen molar-refractivity contribution < 1.29 is 0 Å². The van der Waals surface area contributed by atoms with Gasteiger partial charge in [-0.3, -0.25) is 0 Å². The second-order valence-electron chi connectivity index (χ2n) is 5.79. The maximum atomic E-state index is 3.48. The first-order valence-corrected chi connectivity index (χ1v) is 8.09. The van der Waals surface area contributed by atoms with Gasteiger partial charge in [0.25, 0.3) is 0 Å². The predicted octanol–water partition coefficient (Wildman–Crippen LogP) is 4.06. The number of nitrogens with zero attached hydrogens (tertiary/aromatic N) is 1. The second kappa shape index (κ2) is 12.0. The molecule has 0 fully saturated rings. The van der Waals surface area contributed by atoms with Crippen molar-refractivity contribution in [1.29, 1.82) is 0 Å². The first-order chi connectivity index (χ1) is 8.61. The van der Waals surface area contributed by atoms with E-state index in [1.807, 2.05) is 0 Å². The van der Waals surface area contributed by atoms with Gasteiger partial charge in [0.05, 0.1) is 0 Å². The zero-order valence-electron chi connectivity index (χ0n) is 13.5. The third-order valence-electron chi connectivity index (χ3n) is 3.66. The third kappa shape index (κ3) is 9.90. The maximum Gasteiger partial charge on any atom is 0.00386 e.